The van der Waals surface area contributed by atoms with Crippen molar-refractivity contribution in [2.75, 3.05) is 67.3 Å². The van der Waals surface area contributed by atoms with Gasteiger partial charge in [-0.25, -0.2) is 0 Å². The van der Waals surface area contributed by atoms with Crippen molar-refractivity contribution < 1.29 is 14.2 Å². The summed E-state index contributed by atoms with van der Waals surface area (Å²) < 4.78 is 15.6. The summed E-state index contributed by atoms with van der Waals surface area (Å²) in [5.74, 6) is 0. The van der Waals surface area contributed by atoms with Crippen LogP contribution in [0.5, 0.6) is 0 Å². The van der Waals surface area contributed by atoms with E-state index in [-0.39, 0.29) is 0 Å². The van der Waals surface area contributed by atoms with Gasteiger partial charge in [-0.1, -0.05) is 6.92 Å². The molecule has 0 aromatic heterocycles. The molecule has 0 saturated heterocycles. The Bertz CT molecular complexity index is 170. The quantitative estimate of drug-likeness (QED) is 0.492. The minimum absolute atomic E-state index is 0.391. The molecule has 0 aromatic rings. The van der Waals surface area contributed by atoms with E-state index in [2.05, 4.69) is 17.1 Å². The van der Waals surface area contributed by atoms with E-state index in [1.807, 2.05) is 0 Å². The molecule has 1 N–H and O–H groups in total. The smallest absolute Gasteiger partial charge is 0.0630 e. The summed E-state index contributed by atoms with van der Waals surface area (Å²) in [6, 6.07) is 0.391. The van der Waals surface area contributed by atoms with Gasteiger partial charge >= 0.3 is 0 Å². The molecule has 1 atom stereocenters. The van der Waals surface area contributed by atoms with Gasteiger partial charge in [-0.05, 0) is 13.0 Å². The van der Waals surface area contributed by atoms with Crippen molar-refractivity contribution >= 4 is 0 Å². The third kappa shape index (κ3) is 8.83. The molecule has 5 heteroatoms. The van der Waals surface area contributed by atoms with Gasteiger partial charge in [0.25, 0.3) is 0 Å². The summed E-state index contributed by atoms with van der Waals surface area (Å²) in [5, 5.41) is 3.39. The third-order valence-corrected chi connectivity index (χ3v) is 2.88. The van der Waals surface area contributed by atoms with Crippen molar-refractivity contribution in [1.29, 1.82) is 0 Å². The van der Waals surface area contributed by atoms with Crippen LogP contribution >= 0.6 is 0 Å². The lowest BCUT2D eigenvalue weighted by molar-refractivity contribution is 0.0607. The van der Waals surface area contributed by atoms with Crippen molar-refractivity contribution in [3.63, 3.8) is 0 Å². The number of hydrogen-bond donors (Lipinski definition) is 1. The second kappa shape index (κ2) is 13.2. The van der Waals surface area contributed by atoms with Gasteiger partial charge < -0.3 is 19.5 Å². The Labute approximate surface area is 112 Å². The minimum atomic E-state index is 0.391. The Kier molecular flexibility index (Phi) is 13.1. The van der Waals surface area contributed by atoms with Crippen LogP contribution in [0.25, 0.3) is 0 Å². The summed E-state index contributed by atoms with van der Waals surface area (Å²) in [6.45, 7) is 8.27. The first kappa shape index (κ1) is 17.8. The third-order valence-electron chi connectivity index (χ3n) is 2.88. The number of rotatable bonds is 13. The molecule has 0 aliphatic carbocycles. The van der Waals surface area contributed by atoms with E-state index in [0.717, 1.165) is 52.4 Å². The van der Waals surface area contributed by atoms with Gasteiger partial charge in [0, 0.05) is 53.6 Å². The van der Waals surface area contributed by atoms with Crippen LogP contribution in [0.15, 0.2) is 0 Å². The van der Waals surface area contributed by atoms with E-state index in [1.165, 1.54) is 0 Å². The molecule has 0 aliphatic heterocycles. The molecule has 110 valence electrons. The molecular weight excluding hydrogens is 232 g/mol. The van der Waals surface area contributed by atoms with Crippen molar-refractivity contribution in [3.8, 4) is 0 Å². The highest BCUT2D eigenvalue weighted by Gasteiger charge is 2.17. The molecule has 0 radical (unpaired) electrons. The standard InChI is InChI=1S/C13H30N2O3/c1-5-14-11-13(12-18-4)15(8-10-17-3)7-6-9-16-2/h13-14H,5-12H2,1-4H3. The normalized spacial score (nSPS) is 13.2. The molecule has 0 spiro atoms. The zero-order valence-corrected chi connectivity index (χ0v) is 12.4. The highest BCUT2D eigenvalue weighted by molar-refractivity contribution is 4.74. The molecule has 0 rings (SSSR count). The molecule has 0 fully saturated rings. The summed E-state index contributed by atoms with van der Waals surface area (Å²) in [5.41, 5.74) is 0. The fourth-order valence-corrected chi connectivity index (χ4v) is 1.89. The van der Waals surface area contributed by atoms with Gasteiger partial charge in [-0.15, -0.1) is 0 Å². The fraction of sp³-hybridized carbons (Fsp3) is 1.00. The summed E-state index contributed by atoms with van der Waals surface area (Å²) in [7, 11) is 5.23. The Balaban J connectivity index is 4.22. The lowest BCUT2D eigenvalue weighted by Gasteiger charge is -2.31. The molecule has 18 heavy (non-hydrogen) atoms. The Morgan fingerprint density at radius 3 is 2.28 bits per heavy atom. The summed E-state index contributed by atoms with van der Waals surface area (Å²) in [4.78, 5) is 2.41. The zero-order valence-electron chi connectivity index (χ0n) is 12.4. The Morgan fingerprint density at radius 1 is 1.00 bits per heavy atom. The van der Waals surface area contributed by atoms with Crippen molar-refractivity contribution in [2.24, 2.45) is 0 Å². The molecular formula is C13H30N2O3. The molecule has 1 unspecified atom stereocenters. The first-order valence-corrected chi connectivity index (χ1v) is 6.71. The van der Waals surface area contributed by atoms with Crippen LogP contribution in [0.1, 0.15) is 13.3 Å². The Morgan fingerprint density at radius 2 is 1.72 bits per heavy atom. The number of nitrogens with one attached hydrogen (secondary N) is 1. The highest BCUT2D eigenvalue weighted by atomic mass is 16.5. The summed E-state index contributed by atoms with van der Waals surface area (Å²) >= 11 is 0. The average Bonchev–Trinajstić information content (AvgIpc) is 2.39. The van der Waals surface area contributed by atoms with Crippen LogP contribution in [-0.2, 0) is 14.2 Å². The fourth-order valence-electron chi connectivity index (χ4n) is 1.89. The first-order chi connectivity index (χ1) is 8.79. The highest BCUT2D eigenvalue weighted by Crippen LogP contribution is 2.02. The minimum Gasteiger partial charge on any atom is -0.385 e. The molecule has 0 aliphatic rings. The van der Waals surface area contributed by atoms with Gasteiger partial charge in [0.2, 0.25) is 0 Å². The largest absolute Gasteiger partial charge is 0.385 e. The number of methoxy groups -OCH3 is 3. The SMILES string of the molecule is CCNCC(COC)N(CCCOC)CCOC. The zero-order chi connectivity index (χ0) is 13.6. The maximum Gasteiger partial charge on any atom is 0.0630 e. The number of nitrogens with zero attached hydrogens (tertiary/aromatic N) is 1. The Hall–Kier alpha value is -0.200. The van der Waals surface area contributed by atoms with E-state index in [9.17, 15) is 0 Å². The molecule has 0 aromatic carbocycles. The lowest BCUT2D eigenvalue weighted by Crippen LogP contribution is -2.47. The van der Waals surface area contributed by atoms with Crippen LogP contribution in [0.4, 0.5) is 0 Å². The predicted octanol–water partition coefficient (Wildman–Crippen LogP) is 0.596. The van der Waals surface area contributed by atoms with Crippen LogP contribution in [0.2, 0.25) is 0 Å². The van der Waals surface area contributed by atoms with Gasteiger partial charge in [0.05, 0.1) is 13.2 Å². The first-order valence-electron chi connectivity index (χ1n) is 6.71. The topological polar surface area (TPSA) is 43.0 Å². The maximum atomic E-state index is 5.31. The van der Waals surface area contributed by atoms with E-state index >= 15 is 0 Å². The molecule has 0 amide bonds. The predicted molar refractivity (Wildman–Crippen MR) is 74.1 cm³/mol. The average molecular weight is 262 g/mol. The molecule has 5 nitrogen and oxygen atoms in total. The molecule has 0 bridgehead atoms. The van der Waals surface area contributed by atoms with Crippen LogP contribution < -0.4 is 5.32 Å². The molecule has 0 heterocycles. The van der Waals surface area contributed by atoms with Crippen molar-refractivity contribution in [1.82, 2.24) is 10.2 Å². The van der Waals surface area contributed by atoms with Gasteiger partial charge in [-0.3, -0.25) is 4.90 Å². The van der Waals surface area contributed by atoms with Crippen LogP contribution in [0.3, 0.4) is 0 Å². The van der Waals surface area contributed by atoms with Crippen molar-refractivity contribution in [2.45, 2.75) is 19.4 Å². The second-order valence-corrected chi connectivity index (χ2v) is 4.29. The monoisotopic (exact) mass is 262 g/mol. The number of ether oxygens (including phenoxy) is 3. The number of likely N-dealkylation sites (N-methyl/N-ethyl adjacent to an activating group) is 1. The van der Waals surface area contributed by atoms with Gasteiger partial charge in [-0.2, -0.15) is 0 Å². The van der Waals surface area contributed by atoms with Crippen LogP contribution in [-0.4, -0.2) is 78.3 Å². The molecule has 0 saturated carbocycles. The van der Waals surface area contributed by atoms with Crippen molar-refractivity contribution in [3.05, 3.63) is 0 Å². The summed E-state index contributed by atoms with van der Waals surface area (Å²) in [6.07, 6.45) is 1.03. The van der Waals surface area contributed by atoms with Gasteiger partial charge in [0.1, 0.15) is 0 Å². The maximum absolute atomic E-state index is 5.31. The van der Waals surface area contributed by atoms with E-state index < -0.39 is 0 Å². The lowest BCUT2D eigenvalue weighted by atomic mass is 10.2. The van der Waals surface area contributed by atoms with E-state index in [1.54, 1.807) is 21.3 Å². The van der Waals surface area contributed by atoms with Crippen LogP contribution in [0, 0.1) is 0 Å². The van der Waals surface area contributed by atoms with E-state index in [0.29, 0.717) is 6.04 Å². The van der Waals surface area contributed by atoms with Gasteiger partial charge in [0.15, 0.2) is 0 Å². The van der Waals surface area contributed by atoms with E-state index in [4.69, 9.17) is 14.2 Å². The number of hydrogen-bond acceptors (Lipinski definition) is 5. The second-order valence-electron chi connectivity index (χ2n) is 4.29.